The molecule has 2 aromatic carbocycles. The van der Waals surface area contributed by atoms with Crippen molar-refractivity contribution >= 4 is 23.1 Å². The zero-order chi connectivity index (χ0) is 17.9. The van der Waals surface area contributed by atoms with E-state index in [9.17, 15) is 4.79 Å². The number of para-hydroxylation sites is 1. The van der Waals surface area contributed by atoms with Gasteiger partial charge in [0.1, 0.15) is 5.75 Å². The van der Waals surface area contributed by atoms with E-state index in [1.54, 1.807) is 13.3 Å². The third kappa shape index (κ3) is 3.22. The fourth-order valence-corrected chi connectivity index (χ4v) is 2.83. The molecule has 0 atom stereocenters. The van der Waals surface area contributed by atoms with Crippen molar-refractivity contribution in [3.05, 3.63) is 78.8 Å². The van der Waals surface area contributed by atoms with Crippen molar-refractivity contribution < 1.29 is 9.53 Å². The Balaban J connectivity index is 1.49. The smallest absolute Gasteiger partial charge is 0.285 e. The SMILES string of the molecule is COc1cccc(N2C=CC3=NC(C(=O)Nc4ccccc4)=C[N+]3C2)c1. The molecule has 2 aliphatic rings. The molecule has 0 aromatic heterocycles. The molecular formula is C20H18N4O2+. The van der Waals surface area contributed by atoms with Crippen LogP contribution in [-0.4, -0.2) is 25.5 Å². The Bertz CT molecular complexity index is 918. The number of carbonyl (C=O) groups excluding carboxylic acids is 1. The number of rotatable bonds is 4. The summed E-state index contributed by atoms with van der Waals surface area (Å²) in [6.07, 6.45) is 5.61. The van der Waals surface area contributed by atoms with Gasteiger partial charge < -0.3 is 10.1 Å². The molecule has 26 heavy (non-hydrogen) atoms. The third-order valence-electron chi connectivity index (χ3n) is 4.16. The van der Waals surface area contributed by atoms with Gasteiger partial charge in [-0.2, -0.15) is 4.99 Å². The number of aliphatic imine (C=N–C) groups is 1. The number of nitrogens with zero attached hydrogens (tertiary/aromatic N) is 3. The van der Waals surface area contributed by atoms with Crippen LogP contribution >= 0.6 is 0 Å². The van der Waals surface area contributed by atoms with E-state index in [2.05, 4.69) is 15.2 Å². The highest BCUT2D eigenvalue weighted by Gasteiger charge is 2.35. The van der Waals surface area contributed by atoms with Gasteiger partial charge in [-0.1, -0.05) is 29.2 Å². The molecule has 0 spiro atoms. The number of nitrogens with one attached hydrogen (secondary N) is 1. The maximum absolute atomic E-state index is 12.4. The maximum atomic E-state index is 12.4. The van der Waals surface area contributed by atoms with Crippen LogP contribution in [0.15, 0.2) is 83.8 Å². The van der Waals surface area contributed by atoms with Crippen molar-refractivity contribution in [3.8, 4) is 5.75 Å². The van der Waals surface area contributed by atoms with Crippen molar-refractivity contribution in [2.45, 2.75) is 0 Å². The van der Waals surface area contributed by atoms with Crippen molar-refractivity contribution in [2.24, 2.45) is 4.99 Å². The number of hydrogen-bond acceptors (Lipinski definition) is 5. The molecule has 4 rings (SSSR count). The lowest BCUT2D eigenvalue weighted by Gasteiger charge is -2.22. The molecule has 2 heterocycles. The number of amides is 1. The number of hydrogen-bond donors (Lipinski definition) is 1. The fourth-order valence-electron chi connectivity index (χ4n) is 2.83. The van der Waals surface area contributed by atoms with Gasteiger partial charge in [0.25, 0.3) is 11.7 Å². The molecule has 0 bridgehead atoms. The highest BCUT2D eigenvalue weighted by atomic mass is 16.5. The highest BCUT2D eigenvalue weighted by molar-refractivity contribution is 6.10. The first-order valence-electron chi connectivity index (χ1n) is 8.25. The summed E-state index contributed by atoms with van der Waals surface area (Å²) in [5.74, 6) is 1.33. The molecule has 129 valence electrons. The van der Waals surface area contributed by atoms with Gasteiger partial charge in [-0.15, -0.1) is 0 Å². The summed E-state index contributed by atoms with van der Waals surface area (Å²) >= 11 is 0. The van der Waals surface area contributed by atoms with Crippen LogP contribution in [0.2, 0.25) is 0 Å². The van der Waals surface area contributed by atoms with Gasteiger partial charge in [-0.25, -0.2) is 0 Å². The number of amidine groups is 1. The second-order valence-corrected chi connectivity index (χ2v) is 5.90. The molecule has 0 aliphatic carbocycles. The van der Waals surface area contributed by atoms with Crippen LogP contribution in [0.25, 0.3) is 0 Å². The van der Waals surface area contributed by atoms with Gasteiger partial charge in [0.2, 0.25) is 6.67 Å². The molecular weight excluding hydrogens is 328 g/mol. The van der Waals surface area contributed by atoms with Crippen LogP contribution in [0.5, 0.6) is 5.75 Å². The topological polar surface area (TPSA) is 59.8 Å². The lowest BCUT2D eigenvalue weighted by molar-refractivity contribution is -0.112. The number of ether oxygens (including phenoxy) is 1. The Hall–Kier alpha value is -3.38. The molecule has 0 saturated carbocycles. The zero-order valence-electron chi connectivity index (χ0n) is 14.3. The number of benzene rings is 2. The number of anilines is 2. The Labute approximate surface area is 151 Å². The predicted molar refractivity (Wildman–Crippen MR) is 102 cm³/mol. The first kappa shape index (κ1) is 16.1. The predicted octanol–water partition coefficient (Wildman–Crippen LogP) is 3.02. The Morgan fingerprint density at radius 1 is 1.19 bits per heavy atom. The van der Waals surface area contributed by atoms with E-state index < -0.39 is 0 Å². The average Bonchev–Trinajstić information content (AvgIpc) is 3.12. The largest absolute Gasteiger partial charge is 0.497 e. The van der Waals surface area contributed by atoms with Gasteiger partial charge >= 0.3 is 0 Å². The molecule has 2 aromatic rings. The summed E-state index contributed by atoms with van der Waals surface area (Å²) in [5.41, 5.74) is 2.15. The van der Waals surface area contributed by atoms with Crippen molar-refractivity contribution in [1.82, 2.24) is 4.90 Å². The van der Waals surface area contributed by atoms with E-state index in [1.807, 2.05) is 71.8 Å². The first-order valence-corrected chi connectivity index (χ1v) is 8.25. The van der Waals surface area contributed by atoms with Crippen LogP contribution in [0, 0.1) is 0 Å². The molecule has 6 heteroatoms. The second kappa shape index (κ2) is 6.85. The number of carbonyl (C=O) groups is 1. The van der Waals surface area contributed by atoms with E-state index in [0.717, 1.165) is 23.0 Å². The summed E-state index contributed by atoms with van der Waals surface area (Å²) in [4.78, 5) is 20.9. The third-order valence-corrected chi connectivity index (χ3v) is 4.16. The lowest BCUT2D eigenvalue weighted by atomic mass is 10.2. The van der Waals surface area contributed by atoms with Gasteiger partial charge in [0, 0.05) is 29.7 Å². The van der Waals surface area contributed by atoms with E-state index in [-0.39, 0.29) is 5.91 Å². The molecule has 0 fully saturated rings. The van der Waals surface area contributed by atoms with Crippen LogP contribution in [0.4, 0.5) is 11.4 Å². The minimum absolute atomic E-state index is 0.223. The zero-order valence-corrected chi connectivity index (χ0v) is 14.3. The van der Waals surface area contributed by atoms with Crippen LogP contribution in [0.1, 0.15) is 0 Å². The quantitative estimate of drug-likeness (QED) is 0.866. The molecule has 1 radical (unpaired) electrons. The van der Waals surface area contributed by atoms with Crippen molar-refractivity contribution in [2.75, 3.05) is 24.0 Å². The summed E-state index contributed by atoms with van der Waals surface area (Å²) in [6, 6.07) is 17.2. The van der Waals surface area contributed by atoms with E-state index in [4.69, 9.17) is 4.74 Å². The maximum Gasteiger partial charge on any atom is 0.285 e. The Kier molecular flexibility index (Phi) is 4.25. The van der Waals surface area contributed by atoms with Crippen LogP contribution in [0.3, 0.4) is 0 Å². The summed E-state index contributed by atoms with van der Waals surface area (Å²) < 4.78 is 5.28. The van der Waals surface area contributed by atoms with Gasteiger partial charge in [0.15, 0.2) is 11.9 Å². The first-order chi connectivity index (χ1) is 12.7. The highest BCUT2D eigenvalue weighted by Crippen LogP contribution is 2.24. The summed E-state index contributed by atoms with van der Waals surface area (Å²) in [7, 11) is 1.65. The number of fused-ring (bicyclic) bond motifs is 1. The Morgan fingerprint density at radius 3 is 2.85 bits per heavy atom. The van der Waals surface area contributed by atoms with Gasteiger partial charge in [-0.3, -0.25) is 9.69 Å². The van der Waals surface area contributed by atoms with Crippen molar-refractivity contribution in [1.29, 1.82) is 0 Å². The van der Waals surface area contributed by atoms with Gasteiger partial charge in [0.05, 0.1) is 7.11 Å². The molecule has 0 unspecified atom stereocenters. The second-order valence-electron chi connectivity index (χ2n) is 5.90. The summed E-state index contributed by atoms with van der Waals surface area (Å²) in [5, 5.41) is 2.86. The fraction of sp³-hybridized carbons (Fsp3) is 0.100. The van der Waals surface area contributed by atoms with Crippen molar-refractivity contribution in [3.63, 3.8) is 0 Å². The standard InChI is InChI=1S/C20H18N4O2/c1-26-17-9-5-8-16(12-17)23-11-10-19-22-18(13-24(19)14-23)20(25)21-15-6-3-2-4-7-15/h2-13H,14H2,1H3,(H,21,25)/q+1. The normalized spacial score (nSPS) is 16.0. The van der Waals surface area contributed by atoms with Crippen LogP contribution < -0.4 is 19.9 Å². The average molecular weight is 346 g/mol. The minimum atomic E-state index is -0.223. The van der Waals surface area contributed by atoms with Crippen LogP contribution in [-0.2, 0) is 4.79 Å². The molecule has 1 amide bonds. The van der Waals surface area contributed by atoms with E-state index in [1.165, 1.54) is 0 Å². The molecule has 1 N–H and O–H groups in total. The van der Waals surface area contributed by atoms with Gasteiger partial charge in [-0.05, 0) is 24.3 Å². The molecule has 0 saturated heterocycles. The van der Waals surface area contributed by atoms with E-state index >= 15 is 0 Å². The Morgan fingerprint density at radius 2 is 2.04 bits per heavy atom. The summed E-state index contributed by atoms with van der Waals surface area (Å²) in [6.45, 7) is 0.574. The molecule has 2 aliphatic heterocycles. The molecule has 6 nitrogen and oxygen atoms in total. The van der Waals surface area contributed by atoms with E-state index in [0.29, 0.717) is 12.4 Å². The minimum Gasteiger partial charge on any atom is -0.497 e. The number of methoxy groups -OCH3 is 1. The monoisotopic (exact) mass is 346 g/mol. The lowest BCUT2D eigenvalue weighted by Crippen LogP contribution is -2.41.